The van der Waals surface area contributed by atoms with Crippen molar-refractivity contribution in [3.8, 4) is 5.75 Å². The zero-order valence-corrected chi connectivity index (χ0v) is 17.5. The van der Waals surface area contributed by atoms with Gasteiger partial charge in [0.25, 0.3) is 15.9 Å². The first-order valence-electron chi connectivity index (χ1n) is 10.2. The second-order valence-electron chi connectivity index (χ2n) is 7.78. The van der Waals surface area contributed by atoms with Gasteiger partial charge < -0.3 is 19.6 Å². The number of nitrogens with one attached hydrogen (secondary N) is 2. The molecule has 10 heteroatoms. The predicted molar refractivity (Wildman–Crippen MR) is 115 cm³/mol. The van der Waals surface area contributed by atoms with Crippen molar-refractivity contribution >= 4 is 32.7 Å². The minimum atomic E-state index is -4.01. The number of aromatic amines is 2. The molecule has 2 aromatic carbocycles. The molecule has 1 fully saturated rings. The SMILES string of the molecule is O=C([C@@H]1CN(S(=O)(=O)c2ccc3[nH]c(=O)[nH]c3c2)c2ccccc2O1)N1CCCCC1. The quantitative estimate of drug-likeness (QED) is 0.642. The number of rotatable bonds is 3. The van der Waals surface area contributed by atoms with Gasteiger partial charge in [0.15, 0.2) is 6.10 Å². The van der Waals surface area contributed by atoms with Crippen LogP contribution < -0.4 is 14.7 Å². The first-order valence-corrected chi connectivity index (χ1v) is 11.7. The predicted octanol–water partition coefficient (Wildman–Crippen LogP) is 1.82. The fourth-order valence-electron chi connectivity index (χ4n) is 4.18. The molecule has 0 radical (unpaired) electrons. The van der Waals surface area contributed by atoms with Gasteiger partial charge in [0.1, 0.15) is 5.75 Å². The van der Waals surface area contributed by atoms with E-state index in [1.165, 1.54) is 16.4 Å². The lowest BCUT2D eigenvalue weighted by molar-refractivity contribution is -0.139. The Labute approximate surface area is 178 Å². The minimum absolute atomic E-state index is 0.0242. The Bertz CT molecular complexity index is 1310. The minimum Gasteiger partial charge on any atom is -0.476 e. The molecule has 1 aromatic heterocycles. The highest BCUT2D eigenvalue weighted by Crippen LogP contribution is 2.37. The van der Waals surface area contributed by atoms with Gasteiger partial charge >= 0.3 is 5.69 Å². The van der Waals surface area contributed by atoms with Crippen LogP contribution in [0, 0.1) is 0 Å². The van der Waals surface area contributed by atoms with Gasteiger partial charge in [0.05, 0.1) is 28.2 Å². The number of para-hydroxylation sites is 2. The number of hydrogen-bond donors (Lipinski definition) is 2. The Morgan fingerprint density at radius 1 is 1.00 bits per heavy atom. The molecule has 162 valence electrons. The third kappa shape index (κ3) is 3.46. The van der Waals surface area contributed by atoms with E-state index in [0.717, 1.165) is 19.3 Å². The maximum Gasteiger partial charge on any atom is 0.323 e. The van der Waals surface area contributed by atoms with Crippen LogP contribution in [0.3, 0.4) is 0 Å². The number of piperidine rings is 1. The van der Waals surface area contributed by atoms with Crippen molar-refractivity contribution in [3.63, 3.8) is 0 Å². The number of carbonyl (C=O) groups is 1. The number of likely N-dealkylation sites (tertiary alicyclic amines) is 1. The molecule has 3 heterocycles. The highest BCUT2D eigenvalue weighted by molar-refractivity contribution is 7.92. The van der Waals surface area contributed by atoms with Crippen molar-refractivity contribution < 1.29 is 17.9 Å². The number of imidazole rings is 1. The van der Waals surface area contributed by atoms with Crippen molar-refractivity contribution in [2.45, 2.75) is 30.3 Å². The zero-order valence-electron chi connectivity index (χ0n) is 16.7. The van der Waals surface area contributed by atoms with Crippen LogP contribution in [-0.4, -0.2) is 54.9 Å². The molecule has 2 aliphatic heterocycles. The molecule has 0 saturated carbocycles. The van der Waals surface area contributed by atoms with Crippen molar-refractivity contribution in [2.75, 3.05) is 23.9 Å². The van der Waals surface area contributed by atoms with E-state index in [1.54, 1.807) is 35.2 Å². The van der Waals surface area contributed by atoms with E-state index in [0.29, 0.717) is 35.6 Å². The smallest absolute Gasteiger partial charge is 0.323 e. The molecule has 0 aliphatic carbocycles. The standard InChI is InChI=1S/C21H22N4O5S/c26-20(24-10-4-1-5-11-24)19-13-25(17-6-2-3-7-18(17)30-19)31(28,29)14-8-9-15-16(12-14)23-21(27)22-15/h2-3,6-9,12,19H,1,4-5,10-11,13H2,(H2,22,23,27)/t19-/m0/s1. The summed E-state index contributed by atoms with van der Waals surface area (Å²) in [6.45, 7) is 1.20. The maximum atomic E-state index is 13.6. The number of fused-ring (bicyclic) bond motifs is 2. The summed E-state index contributed by atoms with van der Waals surface area (Å²) in [7, 11) is -4.01. The van der Waals surface area contributed by atoms with Gasteiger partial charge in [-0.1, -0.05) is 12.1 Å². The summed E-state index contributed by atoms with van der Waals surface area (Å²) < 4.78 is 34.3. The average Bonchev–Trinajstić information content (AvgIpc) is 3.17. The zero-order chi connectivity index (χ0) is 21.6. The van der Waals surface area contributed by atoms with Gasteiger partial charge in [0, 0.05) is 13.1 Å². The van der Waals surface area contributed by atoms with Crippen LogP contribution >= 0.6 is 0 Å². The number of sulfonamides is 1. The normalized spacial score (nSPS) is 19.2. The molecule has 1 saturated heterocycles. The number of hydrogen-bond acceptors (Lipinski definition) is 5. The van der Waals surface area contributed by atoms with Crippen molar-refractivity contribution in [1.82, 2.24) is 14.9 Å². The first kappa shape index (κ1) is 19.7. The molecule has 0 unspecified atom stereocenters. The van der Waals surface area contributed by atoms with Gasteiger partial charge in [-0.25, -0.2) is 13.2 Å². The molecule has 0 spiro atoms. The lowest BCUT2D eigenvalue weighted by Crippen LogP contribution is -2.52. The van der Waals surface area contributed by atoms with E-state index in [-0.39, 0.29) is 17.3 Å². The van der Waals surface area contributed by atoms with E-state index < -0.39 is 21.8 Å². The van der Waals surface area contributed by atoms with Crippen LogP contribution in [0.25, 0.3) is 11.0 Å². The first-order chi connectivity index (χ1) is 14.9. The molecule has 9 nitrogen and oxygen atoms in total. The highest BCUT2D eigenvalue weighted by atomic mass is 32.2. The number of H-pyrrole nitrogens is 2. The number of carbonyl (C=O) groups excluding carboxylic acids is 1. The number of amides is 1. The third-order valence-corrected chi connectivity index (χ3v) is 7.53. The molecule has 2 aliphatic rings. The number of nitrogens with zero attached hydrogens (tertiary/aromatic N) is 2. The molecular weight excluding hydrogens is 420 g/mol. The van der Waals surface area contributed by atoms with Crippen molar-refractivity contribution in [3.05, 3.63) is 52.9 Å². The Balaban J connectivity index is 1.53. The molecule has 1 amide bonds. The monoisotopic (exact) mass is 442 g/mol. The Hall–Kier alpha value is -3.27. The fraction of sp³-hybridized carbons (Fsp3) is 0.333. The van der Waals surface area contributed by atoms with Crippen LogP contribution in [0.1, 0.15) is 19.3 Å². The molecule has 31 heavy (non-hydrogen) atoms. The van der Waals surface area contributed by atoms with Crippen LogP contribution in [0.15, 0.2) is 52.2 Å². The van der Waals surface area contributed by atoms with Gasteiger partial charge in [0.2, 0.25) is 0 Å². The summed E-state index contributed by atoms with van der Waals surface area (Å²) in [6.07, 6.45) is 2.04. The summed E-state index contributed by atoms with van der Waals surface area (Å²) in [6, 6.07) is 11.2. The van der Waals surface area contributed by atoms with Crippen LogP contribution in [0.2, 0.25) is 0 Å². The number of ether oxygens (including phenoxy) is 1. The summed E-state index contributed by atoms with van der Waals surface area (Å²) >= 11 is 0. The molecule has 2 N–H and O–H groups in total. The lowest BCUT2D eigenvalue weighted by atomic mass is 10.1. The van der Waals surface area contributed by atoms with E-state index in [4.69, 9.17) is 4.74 Å². The third-order valence-electron chi connectivity index (χ3n) is 5.75. The summed E-state index contributed by atoms with van der Waals surface area (Å²) in [5, 5.41) is 0. The van der Waals surface area contributed by atoms with Gasteiger partial charge in [-0.2, -0.15) is 0 Å². The second-order valence-corrected chi connectivity index (χ2v) is 9.65. The number of anilines is 1. The summed E-state index contributed by atoms with van der Waals surface area (Å²) in [4.78, 5) is 31.6. The number of aromatic nitrogens is 2. The molecule has 1 atom stereocenters. The van der Waals surface area contributed by atoms with Crippen LogP contribution in [0.5, 0.6) is 5.75 Å². The van der Waals surface area contributed by atoms with Gasteiger partial charge in [-0.15, -0.1) is 0 Å². The van der Waals surface area contributed by atoms with Crippen molar-refractivity contribution in [2.24, 2.45) is 0 Å². The molecule has 3 aromatic rings. The van der Waals surface area contributed by atoms with Gasteiger partial charge in [-0.3, -0.25) is 9.10 Å². The van der Waals surface area contributed by atoms with Gasteiger partial charge in [-0.05, 0) is 49.6 Å². The molecular formula is C21H22N4O5S. The Kier molecular flexibility index (Phi) is 4.73. The highest BCUT2D eigenvalue weighted by Gasteiger charge is 2.39. The van der Waals surface area contributed by atoms with Crippen molar-refractivity contribution in [1.29, 1.82) is 0 Å². The van der Waals surface area contributed by atoms with E-state index in [1.807, 2.05) is 0 Å². The maximum absolute atomic E-state index is 13.6. The summed E-state index contributed by atoms with van der Waals surface area (Å²) in [5.74, 6) is 0.156. The Morgan fingerprint density at radius 2 is 1.74 bits per heavy atom. The van der Waals surface area contributed by atoms with E-state index in [9.17, 15) is 18.0 Å². The fourth-order valence-corrected chi connectivity index (χ4v) is 5.68. The number of benzene rings is 2. The summed E-state index contributed by atoms with van der Waals surface area (Å²) in [5.41, 5.74) is 0.888. The van der Waals surface area contributed by atoms with Crippen LogP contribution in [-0.2, 0) is 14.8 Å². The second kappa shape index (κ2) is 7.45. The Morgan fingerprint density at radius 3 is 2.55 bits per heavy atom. The molecule has 0 bridgehead atoms. The van der Waals surface area contributed by atoms with Crippen LogP contribution in [0.4, 0.5) is 5.69 Å². The van der Waals surface area contributed by atoms with E-state index >= 15 is 0 Å². The topological polar surface area (TPSA) is 116 Å². The largest absolute Gasteiger partial charge is 0.476 e. The average molecular weight is 442 g/mol. The lowest BCUT2D eigenvalue weighted by Gasteiger charge is -2.37. The molecule has 5 rings (SSSR count). The van der Waals surface area contributed by atoms with E-state index in [2.05, 4.69) is 9.97 Å².